The van der Waals surface area contributed by atoms with Gasteiger partial charge < -0.3 is 4.74 Å². The number of amides is 4. The number of urea groups is 1. The third-order valence-corrected chi connectivity index (χ3v) is 6.93. The normalized spacial score (nSPS) is 14.8. The third-order valence-electron chi connectivity index (χ3n) is 6.31. The van der Waals surface area contributed by atoms with Crippen molar-refractivity contribution >= 4 is 56.3 Å². The Bertz CT molecular complexity index is 1590. The van der Waals surface area contributed by atoms with Crippen LogP contribution in [-0.2, 0) is 16.2 Å². The SMILES string of the molecule is Cc1ccc(N2C(=O)NC(=O)/C(=C\c3ccc(OCc4c(C)ccc5ccccc45)c(Br)c3)C2=O)cc1. The molecular weight excluding hydrogens is 532 g/mol. The third kappa shape index (κ3) is 4.90. The number of imide groups is 2. The van der Waals surface area contributed by atoms with Gasteiger partial charge in [-0.3, -0.25) is 14.9 Å². The summed E-state index contributed by atoms with van der Waals surface area (Å²) >= 11 is 3.54. The van der Waals surface area contributed by atoms with Gasteiger partial charge >= 0.3 is 6.03 Å². The molecule has 1 fully saturated rings. The average Bonchev–Trinajstić information content (AvgIpc) is 2.88. The Hall–Kier alpha value is -4.23. The first kappa shape index (κ1) is 24.5. The number of nitrogens with zero attached hydrogens (tertiary/aromatic N) is 1. The van der Waals surface area contributed by atoms with Gasteiger partial charge in [-0.05, 0) is 82.0 Å². The van der Waals surface area contributed by atoms with Crippen LogP contribution in [0.4, 0.5) is 10.5 Å². The van der Waals surface area contributed by atoms with Crippen molar-refractivity contribution in [3.05, 3.63) is 111 Å². The van der Waals surface area contributed by atoms with Crippen molar-refractivity contribution in [2.45, 2.75) is 20.5 Å². The number of ether oxygens (including phenoxy) is 1. The van der Waals surface area contributed by atoms with E-state index in [9.17, 15) is 14.4 Å². The zero-order valence-electron chi connectivity index (χ0n) is 20.2. The highest BCUT2D eigenvalue weighted by atomic mass is 79.9. The van der Waals surface area contributed by atoms with Crippen LogP contribution in [0, 0.1) is 13.8 Å². The van der Waals surface area contributed by atoms with E-state index in [1.54, 1.807) is 42.5 Å². The van der Waals surface area contributed by atoms with E-state index in [2.05, 4.69) is 52.4 Å². The molecule has 0 aliphatic carbocycles. The standard InChI is InChI=1S/C30H23BrN2O4/c1-18-7-12-22(13-8-18)33-29(35)24(28(34)32-30(33)36)15-20-10-14-27(26(31)16-20)37-17-25-19(2)9-11-21-5-3-4-6-23(21)25/h3-16H,17H2,1-2H3,(H,32,34,36)/b24-15+. The maximum atomic E-state index is 13.1. The quantitative estimate of drug-likeness (QED) is 0.227. The lowest BCUT2D eigenvalue weighted by atomic mass is 10.0. The fourth-order valence-corrected chi connectivity index (χ4v) is 4.77. The van der Waals surface area contributed by atoms with Crippen LogP contribution in [0.2, 0.25) is 0 Å². The molecule has 1 N–H and O–H groups in total. The molecule has 4 amide bonds. The number of nitrogens with one attached hydrogen (secondary N) is 1. The number of fused-ring (bicyclic) bond motifs is 1. The zero-order valence-corrected chi connectivity index (χ0v) is 21.8. The Kier molecular flexibility index (Phi) is 6.63. The van der Waals surface area contributed by atoms with E-state index in [0.29, 0.717) is 28.1 Å². The summed E-state index contributed by atoms with van der Waals surface area (Å²) in [6.45, 7) is 4.36. The molecule has 4 aromatic carbocycles. The first-order valence-electron chi connectivity index (χ1n) is 11.7. The number of rotatable bonds is 5. The molecule has 0 atom stereocenters. The highest BCUT2D eigenvalue weighted by molar-refractivity contribution is 9.10. The molecule has 0 aromatic heterocycles. The lowest BCUT2D eigenvalue weighted by Gasteiger charge is -2.26. The van der Waals surface area contributed by atoms with Gasteiger partial charge in [0.05, 0.1) is 10.2 Å². The van der Waals surface area contributed by atoms with Crippen molar-refractivity contribution in [1.82, 2.24) is 5.32 Å². The van der Waals surface area contributed by atoms with Crippen molar-refractivity contribution in [3.8, 4) is 5.75 Å². The van der Waals surface area contributed by atoms with Gasteiger partial charge in [-0.1, -0.05) is 60.2 Å². The molecule has 7 heteroatoms. The van der Waals surface area contributed by atoms with Gasteiger partial charge in [-0.15, -0.1) is 0 Å². The van der Waals surface area contributed by atoms with E-state index < -0.39 is 17.8 Å². The summed E-state index contributed by atoms with van der Waals surface area (Å²) in [5, 5.41) is 4.55. The molecule has 0 saturated carbocycles. The summed E-state index contributed by atoms with van der Waals surface area (Å²) in [5.41, 5.74) is 4.11. The second-order valence-electron chi connectivity index (χ2n) is 8.85. The van der Waals surface area contributed by atoms with E-state index in [4.69, 9.17) is 4.74 Å². The van der Waals surface area contributed by atoms with Crippen LogP contribution in [0.15, 0.2) is 88.9 Å². The van der Waals surface area contributed by atoms with Gasteiger partial charge in [0.1, 0.15) is 17.9 Å². The van der Waals surface area contributed by atoms with Gasteiger partial charge in [0, 0.05) is 5.56 Å². The topological polar surface area (TPSA) is 75.7 Å². The number of carbonyl (C=O) groups excluding carboxylic acids is 3. The Morgan fingerprint density at radius 3 is 2.43 bits per heavy atom. The Balaban J connectivity index is 1.39. The molecule has 4 aromatic rings. The molecule has 37 heavy (non-hydrogen) atoms. The highest BCUT2D eigenvalue weighted by Crippen LogP contribution is 2.30. The molecule has 0 radical (unpaired) electrons. The van der Waals surface area contributed by atoms with Crippen LogP contribution in [-0.4, -0.2) is 17.8 Å². The van der Waals surface area contributed by atoms with E-state index in [0.717, 1.165) is 32.4 Å². The smallest absolute Gasteiger partial charge is 0.335 e. The second-order valence-corrected chi connectivity index (χ2v) is 9.71. The van der Waals surface area contributed by atoms with Crippen LogP contribution >= 0.6 is 15.9 Å². The molecule has 1 aliphatic heterocycles. The van der Waals surface area contributed by atoms with Crippen LogP contribution < -0.4 is 15.0 Å². The minimum Gasteiger partial charge on any atom is -0.488 e. The van der Waals surface area contributed by atoms with Gasteiger partial charge in [-0.2, -0.15) is 0 Å². The summed E-state index contributed by atoms with van der Waals surface area (Å²) in [6, 6.07) is 23.8. The van der Waals surface area contributed by atoms with Crippen LogP contribution in [0.1, 0.15) is 22.3 Å². The van der Waals surface area contributed by atoms with Gasteiger partial charge in [0.2, 0.25) is 0 Å². The molecule has 6 nitrogen and oxygen atoms in total. The summed E-state index contributed by atoms with van der Waals surface area (Å²) < 4.78 is 6.81. The minimum atomic E-state index is -0.773. The lowest BCUT2D eigenvalue weighted by molar-refractivity contribution is -0.122. The van der Waals surface area contributed by atoms with Crippen molar-refractivity contribution in [3.63, 3.8) is 0 Å². The lowest BCUT2D eigenvalue weighted by Crippen LogP contribution is -2.54. The number of anilines is 1. The molecule has 0 unspecified atom stereocenters. The molecule has 1 aliphatic rings. The summed E-state index contributed by atoms with van der Waals surface area (Å²) in [4.78, 5) is 39.0. The van der Waals surface area contributed by atoms with Crippen LogP contribution in [0.25, 0.3) is 16.8 Å². The molecule has 184 valence electrons. The first-order valence-corrected chi connectivity index (χ1v) is 12.5. The number of carbonyl (C=O) groups is 3. The fraction of sp³-hybridized carbons (Fsp3) is 0.100. The molecular formula is C30H23BrN2O4. The minimum absolute atomic E-state index is 0.132. The highest BCUT2D eigenvalue weighted by Gasteiger charge is 2.36. The largest absolute Gasteiger partial charge is 0.488 e. The van der Waals surface area contributed by atoms with Crippen molar-refractivity contribution in [1.29, 1.82) is 0 Å². The van der Waals surface area contributed by atoms with Gasteiger partial charge in [0.15, 0.2) is 0 Å². The Morgan fingerprint density at radius 2 is 1.68 bits per heavy atom. The van der Waals surface area contributed by atoms with E-state index in [1.807, 2.05) is 19.1 Å². The Labute approximate surface area is 222 Å². The average molecular weight is 555 g/mol. The summed E-state index contributed by atoms with van der Waals surface area (Å²) in [5.74, 6) is -0.785. The molecule has 0 spiro atoms. The number of barbiturate groups is 1. The van der Waals surface area contributed by atoms with Gasteiger partial charge in [-0.25, -0.2) is 9.69 Å². The van der Waals surface area contributed by atoms with Crippen molar-refractivity contribution in [2.75, 3.05) is 4.90 Å². The predicted octanol–water partition coefficient (Wildman–Crippen LogP) is 6.46. The number of hydrogen-bond donors (Lipinski definition) is 1. The predicted molar refractivity (Wildman–Crippen MR) is 147 cm³/mol. The first-order chi connectivity index (χ1) is 17.8. The molecule has 1 heterocycles. The molecule has 5 rings (SSSR count). The summed E-state index contributed by atoms with van der Waals surface area (Å²) in [6.07, 6.45) is 1.47. The van der Waals surface area contributed by atoms with Crippen molar-refractivity contribution < 1.29 is 19.1 Å². The van der Waals surface area contributed by atoms with E-state index in [-0.39, 0.29) is 5.57 Å². The van der Waals surface area contributed by atoms with Gasteiger partial charge in [0.25, 0.3) is 11.8 Å². The van der Waals surface area contributed by atoms with Crippen LogP contribution in [0.3, 0.4) is 0 Å². The number of aryl methyl sites for hydroxylation is 2. The zero-order chi connectivity index (χ0) is 26.1. The number of hydrogen-bond acceptors (Lipinski definition) is 4. The summed E-state index contributed by atoms with van der Waals surface area (Å²) in [7, 11) is 0. The molecule has 0 bridgehead atoms. The molecule has 1 saturated heterocycles. The van der Waals surface area contributed by atoms with E-state index >= 15 is 0 Å². The van der Waals surface area contributed by atoms with Crippen LogP contribution in [0.5, 0.6) is 5.75 Å². The fourth-order valence-electron chi connectivity index (χ4n) is 4.26. The monoisotopic (exact) mass is 554 g/mol. The maximum absolute atomic E-state index is 13.1. The Morgan fingerprint density at radius 1 is 0.919 bits per heavy atom. The number of halogens is 1. The number of benzene rings is 4. The maximum Gasteiger partial charge on any atom is 0.335 e. The van der Waals surface area contributed by atoms with E-state index in [1.165, 1.54) is 6.08 Å². The second kappa shape index (κ2) is 10.0. The van der Waals surface area contributed by atoms with Crippen molar-refractivity contribution in [2.24, 2.45) is 0 Å².